The van der Waals surface area contributed by atoms with E-state index < -0.39 is 0 Å². The highest BCUT2D eigenvalue weighted by Gasteiger charge is 2.23. The maximum atomic E-state index is 12.9. The van der Waals surface area contributed by atoms with Gasteiger partial charge in [-0.25, -0.2) is 4.98 Å². The number of para-hydroxylation sites is 1. The van der Waals surface area contributed by atoms with Crippen molar-refractivity contribution in [3.63, 3.8) is 0 Å². The zero-order chi connectivity index (χ0) is 20.3. The number of rotatable bonds is 5. The van der Waals surface area contributed by atoms with Crippen LogP contribution in [0, 0.1) is 0 Å². The van der Waals surface area contributed by atoms with Gasteiger partial charge in [0.2, 0.25) is 11.1 Å². The third kappa shape index (κ3) is 3.61. The Labute approximate surface area is 177 Å². The second-order valence-electron chi connectivity index (χ2n) is 6.81. The molecule has 4 aromatic rings. The maximum absolute atomic E-state index is 12.9. The average Bonchev–Trinajstić information content (AvgIpc) is 3.51. The number of nitrogens with zero attached hydrogens (tertiary/aromatic N) is 4. The first-order chi connectivity index (χ1) is 14.8. The molecule has 8 heteroatoms. The van der Waals surface area contributed by atoms with Crippen LogP contribution < -0.4 is 4.90 Å². The van der Waals surface area contributed by atoms with E-state index in [4.69, 9.17) is 8.83 Å². The molecule has 0 saturated heterocycles. The Kier molecular flexibility index (Phi) is 5.06. The van der Waals surface area contributed by atoms with Crippen LogP contribution in [0.2, 0.25) is 0 Å². The predicted molar refractivity (Wildman–Crippen MR) is 113 cm³/mol. The summed E-state index contributed by atoms with van der Waals surface area (Å²) in [4.78, 5) is 19.3. The maximum Gasteiger partial charge on any atom is 0.237 e. The molecule has 0 unspecified atom stereocenters. The Bertz CT molecular complexity index is 1160. The molecule has 0 spiro atoms. The molecule has 0 fully saturated rings. The summed E-state index contributed by atoms with van der Waals surface area (Å²) < 4.78 is 11.0. The van der Waals surface area contributed by atoms with Gasteiger partial charge >= 0.3 is 0 Å². The summed E-state index contributed by atoms with van der Waals surface area (Å²) >= 11 is 1.27. The van der Waals surface area contributed by atoms with E-state index in [9.17, 15) is 4.79 Å². The zero-order valence-electron chi connectivity index (χ0n) is 16.0. The van der Waals surface area contributed by atoms with E-state index >= 15 is 0 Å². The Morgan fingerprint density at radius 1 is 0.967 bits per heavy atom. The number of thioether (sulfide) groups is 1. The minimum atomic E-state index is 0.0328. The second kappa shape index (κ2) is 8.16. The van der Waals surface area contributed by atoms with Gasteiger partial charge in [-0.1, -0.05) is 30.0 Å². The molecule has 0 aliphatic carbocycles. The summed E-state index contributed by atoms with van der Waals surface area (Å²) in [5.74, 6) is 1.38. The van der Waals surface area contributed by atoms with E-state index in [0.29, 0.717) is 28.1 Å². The Balaban J connectivity index is 1.37. The van der Waals surface area contributed by atoms with Crippen LogP contribution in [0.3, 0.4) is 0 Å². The third-order valence-electron chi connectivity index (χ3n) is 4.91. The third-order valence-corrected chi connectivity index (χ3v) is 5.73. The molecule has 30 heavy (non-hydrogen) atoms. The molecule has 0 radical (unpaired) electrons. The van der Waals surface area contributed by atoms with Crippen LogP contribution in [-0.4, -0.2) is 33.4 Å². The van der Waals surface area contributed by atoms with Crippen molar-refractivity contribution in [1.82, 2.24) is 15.2 Å². The fourth-order valence-electron chi connectivity index (χ4n) is 3.53. The van der Waals surface area contributed by atoms with Crippen LogP contribution in [0.4, 0.5) is 5.69 Å². The Hall–Kier alpha value is -3.39. The molecule has 4 heterocycles. The van der Waals surface area contributed by atoms with Crippen LogP contribution >= 0.6 is 11.8 Å². The van der Waals surface area contributed by atoms with Crippen LogP contribution in [0.1, 0.15) is 12.0 Å². The largest absolute Gasteiger partial charge is 0.463 e. The number of carbonyl (C=O) groups is 1. The van der Waals surface area contributed by atoms with Crippen molar-refractivity contribution >= 4 is 23.4 Å². The zero-order valence-corrected chi connectivity index (χ0v) is 16.8. The standard InChI is InChI=1S/C22H18N4O3S/c27-19(26-11-3-7-15-6-1-2-8-16(15)26)14-30-22-23-20(17-9-4-12-28-17)21(24-25-22)18-10-5-13-29-18/h1-2,4-6,8-10,12-13H,3,7,11,14H2. The lowest BCUT2D eigenvalue weighted by molar-refractivity contribution is -0.116. The molecule has 150 valence electrons. The van der Waals surface area contributed by atoms with Gasteiger partial charge in [0.05, 0.1) is 18.3 Å². The molecule has 0 N–H and O–H groups in total. The van der Waals surface area contributed by atoms with Crippen LogP contribution in [0.25, 0.3) is 22.9 Å². The van der Waals surface area contributed by atoms with Gasteiger partial charge in [0.25, 0.3) is 0 Å². The summed E-state index contributed by atoms with van der Waals surface area (Å²) in [5, 5.41) is 8.90. The highest BCUT2D eigenvalue weighted by molar-refractivity contribution is 7.99. The number of carbonyl (C=O) groups excluding carboxylic acids is 1. The summed E-state index contributed by atoms with van der Waals surface area (Å²) in [6.45, 7) is 0.727. The van der Waals surface area contributed by atoms with Gasteiger partial charge in [-0.3, -0.25) is 4.79 Å². The van der Waals surface area contributed by atoms with Crippen LogP contribution in [0.5, 0.6) is 0 Å². The molecule has 0 saturated carbocycles. The monoisotopic (exact) mass is 418 g/mol. The number of furan rings is 2. The summed E-state index contributed by atoms with van der Waals surface area (Å²) in [7, 11) is 0. The first kappa shape index (κ1) is 18.6. The van der Waals surface area contributed by atoms with Crippen LogP contribution in [-0.2, 0) is 11.2 Å². The normalized spacial score (nSPS) is 13.3. The summed E-state index contributed by atoms with van der Waals surface area (Å²) in [6.07, 6.45) is 5.11. The van der Waals surface area contributed by atoms with Crippen molar-refractivity contribution < 1.29 is 13.6 Å². The average molecular weight is 418 g/mol. The number of hydrogen-bond acceptors (Lipinski definition) is 7. The molecular formula is C22H18N4O3S. The minimum Gasteiger partial charge on any atom is -0.463 e. The number of amides is 1. The van der Waals surface area contributed by atoms with Gasteiger partial charge < -0.3 is 13.7 Å². The number of aromatic nitrogens is 3. The summed E-state index contributed by atoms with van der Waals surface area (Å²) in [5.41, 5.74) is 3.24. The van der Waals surface area contributed by atoms with E-state index in [1.54, 1.807) is 36.8 Å². The van der Waals surface area contributed by atoms with E-state index in [0.717, 1.165) is 25.1 Å². The lowest BCUT2D eigenvalue weighted by atomic mass is 10.0. The first-order valence-electron chi connectivity index (χ1n) is 9.63. The predicted octanol–water partition coefficient (Wildman–Crippen LogP) is 4.46. The fourth-order valence-corrected chi connectivity index (χ4v) is 4.20. The van der Waals surface area contributed by atoms with Crippen LogP contribution in [0.15, 0.2) is 75.0 Å². The Morgan fingerprint density at radius 3 is 2.50 bits per heavy atom. The van der Waals surface area contributed by atoms with Crippen molar-refractivity contribution in [3.05, 3.63) is 66.6 Å². The van der Waals surface area contributed by atoms with E-state index in [2.05, 4.69) is 21.2 Å². The molecule has 7 nitrogen and oxygen atoms in total. The molecule has 1 aliphatic rings. The number of benzene rings is 1. The molecular weight excluding hydrogens is 400 g/mol. The smallest absolute Gasteiger partial charge is 0.237 e. The highest BCUT2D eigenvalue weighted by atomic mass is 32.2. The second-order valence-corrected chi connectivity index (χ2v) is 7.76. The van der Waals surface area contributed by atoms with Crippen molar-refractivity contribution in [2.45, 2.75) is 18.0 Å². The van der Waals surface area contributed by atoms with E-state index in [1.165, 1.54) is 17.3 Å². The molecule has 1 aromatic carbocycles. The van der Waals surface area contributed by atoms with Crippen molar-refractivity contribution in [1.29, 1.82) is 0 Å². The summed E-state index contributed by atoms with van der Waals surface area (Å²) in [6, 6.07) is 15.2. The van der Waals surface area contributed by atoms with Gasteiger partial charge in [-0.15, -0.1) is 10.2 Å². The molecule has 1 amide bonds. The molecule has 1 aliphatic heterocycles. The van der Waals surface area contributed by atoms with E-state index in [1.807, 2.05) is 23.1 Å². The fraction of sp³-hybridized carbons (Fsp3) is 0.182. The van der Waals surface area contributed by atoms with Gasteiger partial charge in [0.1, 0.15) is 5.69 Å². The lowest BCUT2D eigenvalue weighted by Crippen LogP contribution is -2.36. The quantitative estimate of drug-likeness (QED) is 0.442. The number of fused-ring (bicyclic) bond motifs is 1. The minimum absolute atomic E-state index is 0.0328. The molecule has 5 rings (SSSR count). The van der Waals surface area contributed by atoms with Crippen molar-refractivity contribution in [2.75, 3.05) is 17.2 Å². The van der Waals surface area contributed by atoms with Gasteiger partial charge in [-0.05, 0) is 48.7 Å². The first-order valence-corrected chi connectivity index (χ1v) is 10.6. The van der Waals surface area contributed by atoms with Gasteiger partial charge in [0.15, 0.2) is 17.2 Å². The van der Waals surface area contributed by atoms with E-state index in [-0.39, 0.29) is 11.7 Å². The number of anilines is 1. The van der Waals surface area contributed by atoms with Crippen molar-refractivity contribution in [3.8, 4) is 22.9 Å². The highest BCUT2D eigenvalue weighted by Crippen LogP contribution is 2.31. The lowest BCUT2D eigenvalue weighted by Gasteiger charge is -2.29. The number of aryl methyl sites for hydroxylation is 1. The number of hydrogen-bond donors (Lipinski definition) is 0. The van der Waals surface area contributed by atoms with Gasteiger partial charge in [-0.2, -0.15) is 0 Å². The SMILES string of the molecule is O=C(CSc1nnc(-c2ccco2)c(-c2ccco2)n1)N1CCCc2ccccc21. The topological polar surface area (TPSA) is 85.3 Å². The van der Waals surface area contributed by atoms with Crippen molar-refractivity contribution in [2.24, 2.45) is 0 Å². The Morgan fingerprint density at radius 2 is 1.73 bits per heavy atom. The van der Waals surface area contributed by atoms with Gasteiger partial charge in [0, 0.05) is 12.2 Å². The molecule has 3 aromatic heterocycles. The molecule has 0 bridgehead atoms. The molecule has 0 atom stereocenters.